The molecular formula is C25H34F3N5O. The van der Waals surface area contributed by atoms with Gasteiger partial charge in [0.2, 0.25) is 0 Å². The number of imidazole rings is 1. The highest BCUT2D eigenvalue weighted by Gasteiger charge is 2.32. The lowest BCUT2D eigenvalue weighted by Crippen LogP contribution is -2.36. The largest absolute Gasteiger partial charge is 0.416 e. The van der Waals surface area contributed by atoms with Crippen LogP contribution < -0.4 is 10.6 Å². The summed E-state index contributed by atoms with van der Waals surface area (Å²) >= 11 is 0. The molecular weight excluding hydrogens is 443 g/mol. The number of amides is 1. The lowest BCUT2D eigenvalue weighted by molar-refractivity contribution is -0.137. The van der Waals surface area contributed by atoms with Gasteiger partial charge in [0, 0.05) is 16.6 Å². The molecule has 0 aliphatic heterocycles. The molecule has 0 aliphatic carbocycles. The number of carbonyl (C=O) groups excluding carboxylic acids is 1. The van der Waals surface area contributed by atoms with Crippen LogP contribution in [0.4, 0.5) is 24.7 Å². The minimum atomic E-state index is -4.43. The number of aromatic amines is 1. The summed E-state index contributed by atoms with van der Waals surface area (Å²) in [6.45, 7) is 17.0. The van der Waals surface area contributed by atoms with E-state index in [1.54, 1.807) is 4.52 Å². The first-order valence-corrected chi connectivity index (χ1v) is 11.2. The van der Waals surface area contributed by atoms with Crippen LogP contribution in [0.1, 0.15) is 83.4 Å². The summed E-state index contributed by atoms with van der Waals surface area (Å²) in [5, 5.41) is 10.7. The second-order valence-electron chi connectivity index (χ2n) is 11.7. The predicted octanol–water partition coefficient (Wildman–Crippen LogP) is 6.86. The molecule has 0 saturated heterocycles. The molecule has 9 heteroatoms. The number of nitrogens with one attached hydrogen (secondary N) is 3. The van der Waals surface area contributed by atoms with Crippen molar-refractivity contribution in [3.8, 4) is 0 Å². The van der Waals surface area contributed by atoms with Crippen LogP contribution in [0.15, 0.2) is 30.5 Å². The molecule has 0 aliphatic rings. The quantitative estimate of drug-likeness (QED) is 0.376. The number of anilines is 2. The molecule has 2 aromatic heterocycles. The molecule has 186 valence electrons. The second kappa shape index (κ2) is 8.36. The first-order valence-electron chi connectivity index (χ1n) is 11.2. The van der Waals surface area contributed by atoms with Gasteiger partial charge < -0.3 is 15.6 Å². The zero-order chi connectivity index (χ0) is 25.7. The molecule has 2 heterocycles. The van der Waals surface area contributed by atoms with Gasteiger partial charge in [-0.3, -0.25) is 4.79 Å². The molecule has 6 nitrogen and oxygen atoms in total. The molecule has 3 aromatic rings. The molecule has 0 unspecified atom stereocenters. The average molecular weight is 478 g/mol. The number of carbonyl (C=O) groups is 1. The van der Waals surface area contributed by atoms with Gasteiger partial charge in [-0.15, -0.1) is 0 Å². The van der Waals surface area contributed by atoms with Gasteiger partial charge in [0.25, 0.3) is 5.91 Å². The molecule has 1 amide bonds. The van der Waals surface area contributed by atoms with Gasteiger partial charge >= 0.3 is 6.18 Å². The van der Waals surface area contributed by atoms with Crippen molar-refractivity contribution in [2.75, 3.05) is 10.6 Å². The van der Waals surface area contributed by atoms with Crippen LogP contribution in [0, 0.1) is 5.41 Å². The number of fused-ring (bicyclic) bond motifs is 1. The summed E-state index contributed by atoms with van der Waals surface area (Å²) < 4.78 is 40.1. The van der Waals surface area contributed by atoms with Crippen LogP contribution in [-0.4, -0.2) is 26.0 Å². The van der Waals surface area contributed by atoms with Crippen LogP contribution in [0.3, 0.4) is 0 Å². The molecule has 3 rings (SSSR count). The van der Waals surface area contributed by atoms with Crippen molar-refractivity contribution in [2.24, 2.45) is 5.41 Å². The maximum atomic E-state index is 13.0. The summed E-state index contributed by atoms with van der Waals surface area (Å²) in [7, 11) is 0. The lowest BCUT2D eigenvalue weighted by Gasteiger charge is -2.34. The monoisotopic (exact) mass is 477 g/mol. The minimum Gasteiger partial charge on any atom is -0.364 e. The van der Waals surface area contributed by atoms with Gasteiger partial charge in [0.05, 0.1) is 17.5 Å². The molecule has 0 radical (unpaired) electrons. The van der Waals surface area contributed by atoms with E-state index in [0.29, 0.717) is 11.2 Å². The third kappa shape index (κ3) is 5.74. The number of rotatable bonds is 5. The van der Waals surface area contributed by atoms with E-state index in [9.17, 15) is 18.0 Å². The Bertz CT molecular complexity index is 1170. The summed E-state index contributed by atoms with van der Waals surface area (Å²) in [6, 6.07) is 4.35. The van der Waals surface area contributed by atoms with Crippen molar-refractivity contribution >= 4 is 23.1 Å². The average Bonchev–Trinajstić information content (AvgIpc) is 3.19. The number of nitrogens with zero attached hydrogens (tertiary/aromatic N) is 2. The minimum absolute atomic E-state index is 0.102. The Morgan fingerprint density at radius 1 is 1.00 bits per heavy atom. The molecule has 0 spiro atoms. The predicted molar refractivity (Wildman–Crippen MR) is 129 cm³/mol. The number of hydrogen-bond acceptors (Lipinski definition) is 3. The normalized spacial score (nSPS) is 13.4. The summed E-state index contributed by atoms with van der Waals surface area (Å²) in [6.07, 6.45) is -2.07. The Hall–Kier alpha value is -2.97. The van der Waals surface area contributed by atoms with Gasteiger partial charge in [0.15, 0.2) is 0 Å². The first-order chi connectivity index (χ1) is 15.4. The topological polar surface area (TPSA) is 74.2 Å². The Kier molecular flexibility index (Phi) is 6.30. The third-order valence-corrected chi connectivity index (χ3v) is 5.36. The SMILES string of the molecule is CC(C)(C)CC(C)(C)Nc1c(C(C)(C)C)[nH]c2c(C(=O)Nc3ccc(C(F)(F)F)cc3)cnn12. The van der Waals surface area contributed by atoms with E-state index in [-0.39, 0.29) is 22.1 Å². The van der Waals surface area contributed by atoms with Crippen molar-refractivity contribution in [1.29, 1.82) is 0 Å². The smallest absolute Gasteiger partial charge is 0.364 e. The fourth-order valence-electron chi connectivity index (χ4n) is 4.38. The molecule has 0 fully saturated rings. The van der Waals surface area contributed by atoms with Crippen molar-refractivity contribution in [1.82, 2.24) is 14.6 Å². The number of H-pyrrole nitrogens is 1. The van der Waals surface area contributed by atoms with Crippen LogP contribution in [0.25, 0.3) is 5.65 Å². The van der Waals surface area contributed by atoms with Crippen LogP contribution in [0.2, 0.25) is 0 Å². The molecule has 0 atom stereocenters. The maximum Gasteiger partial charge on any atom is 0.416 e. The van der Waals surface area contributed by atoms with E-state index in [1.165, 1.54) is 18.3 Å². The molecule has 3 N–H and O–H groups in total. The third-order valence-electron chi connectivity index (χ3n) is 5.36. The fourth-order valence-corrected chi connectivity index (χ4v) is 4.38. The van der Waals surface area contributed by atoms with E-state index in [4.69, 9.17) is 0 Å². The highest BCUT2D eigenvalue weighted by Crippen LogP contribution is 2.36. The Morgan fingerprint density at radius 2 is 1.59 bits per heavy atom. The standard InChI is InChI=1S/C25H34F3N5O/c1-22(2,3)14-24(7,8)32-20-18(23(4,5)6)31-19-17(13-29-33(19)20)21(34)30-16-11-9-15(10-12-16)25(26,27)28/h9-13,31-32H,14H2,1-8H3,(H,30,34). The molecule has 0 bridgehead atoms. The van der Waals surface area contributed by atoms with E-state index in [1.807, 2.05) is 0 Å². The van der Waals surface area contributed by atoms with Crippen molar-refractivity contribution in [2.45, 2.75) is 78.9 Å². The van der Waals surface area contributed by atoms with Crippen LogP contribution in [0.5, 0.6) is 0 Å². The first kappa shape index (κ1) is 25.6. The summed E-state index contributed by atoms with van der Waals surface area (Å²) in [5.41, 5.74) is 0.807. The van der Waals surface area contributed by atoms with Crippen molar-refractivity contribution in [3.05, 3.63) is 47.3 Å². The van der Waals surface area contributed by atoms with Crippen molar-refractivity contribution in [3.63, 3.8) is 0 Å². The lowest BCUT2D eigenvalue weighted by atomic mass is 9.81. The molecule has 34 heavy (non-hydrogen) atoms. The zero-order valence-corrected chi connectivity index (χ0v) is 21.0. The van der Waals surface area contributed by atoms with Gasteiger partial charge in [-0.1, -0.05) is 41.5 Å². The van der Waals surface area contributed by atoms with E-state index < -0.39 is 17.6 Å². The Balaban J connectivity index is 1.96. The maximum absolute atomic E-state index is 13.0. The fraction of sp³-hybridized carbons (Fsp3) is 0.520. The van der Waals surface area contributed by atoms with Gasteiger partial charge in [-0.25, -0.2) is 0 Å². The van der Waals surface area contributed by atoms with E-state index >= 15 is 0 Å². The number of aromatic nitrogens is 3. The van der Waals surface area contributed by atoms with Gasteiger partial charge in [-0.05, 0) is 49.9 Å². The summed E-state index contributed by atoms with van der Waals surface area (Å²) in [4.78, 5) is 16.3. The number of alkyl halides is 3. The van der Waals surface area contributed by atoms with Crippen LogP contribution >= 0.6 is 0 Å². The number of hydrogen-bond donors (Lipinski definition) is 3. The van der Waals surface area contributed by atoms with Gasteiger partial charge in [-0.2, -0.15) is 22.8 Å². The van der Waals surface area contributed by atoms with Crippen molar-refractivity contribution < 1.29 is 18.0 Å². The zero-order valence-electron chi connectivity index (χ0n) is 21.0. The Labute approximate surface area is 198 Å². The Morgan fingerprint density at radius 3 is 2.09 bits per heavy atom. The highest BCUT2D eigenvalue weighted by molar-refractivity contribution is 6.08. The highest BCUT2D eigenvalue weighted by atomic mass is 19.4. The second-order valence-corrected chi connectivity index (χ2v) is 11.7. The number of halogens is 3. The molecule has 1 aromatic carbocycles. The van der Waals surface area contributed by atoms with Crippen LogP contribution in [-0.2, 0) is 11.6 Å². The molecule has 0 saturated carbocycles. The van der Waals surface area contributed by atoms with E-state index in [2.05, 4.69) is 76.1 Å². The van der Waals surface area contributed by atoms with Gasteiger partial charge in [0.1, 0.15) is 17.0 Å². The number of benzene rings is 1. The van der Waals surface area contributed by atoms with E-state index in [0.717, 1.165) is 30.1 Å². The summed E-state index contributed by atoms with van der Waals surface area (Å²) in [5.74, 6) is 0.322.